The highest BCUT2D eigenvalue weighted by molar-refractivity contribution is 5.78. The van der Waals surface area contributed by atoms with Crippen molar-refractivity contribution in [2.24, 2.45) is 0 Å². The highest BCUT2D eigenvalue weighted by Crippen LogP contribution is 2.35. The third-order valence-corrected chi connectivity index (χ3v) is 19.8. The van der Waals surface area contributed by atoms with Crippen molar-refractivity contribution in [3.8, 4) is 170 Å². The molecule has 0 spiro atoms. The summed E-state index contributed by atoms with van der Waals surface area (Å²) in [4.78, 5) is 52.7. The van der Waals surface area contributed by atoms with Gasteiger partial charge in [-0.25, -0.2) is 54.8 Å². The topological polar surface area (TPSA) is 142 Å². The standard InChI is InChI=1S/3C28H21N3.C23H18N2/c1-20-10-8-16-24(18-20)27-29-26(22-13-6-3-7-14-22)30-28(31-27)25-17-9-15-23(19-25)21-11-4-2-5-12-21;1-20-11-8-9-18-25(20)28-30-26(22-14-6-3-7-15-22)29-27(31-28)24-17-10-16-23(19-24)21-12-4-2-5-13-21;1-20-15-17-23(18-16-20)27-29-26(22-11-6-3-7-12-22)30-28(31-27)25-14-8-13-24(19-25)21-9-4-2-5-10-21;1-17-24-22(19-11-6-3-7-12-19)16-23(25-17)21-14-8-13-20(15-21)18-9-4-2-5-10-18/h3*2-19H,1H3;2-16H,1H3. The Morgan fingerprint density at radius 3 is 0.712 bits per heavy atom. The maximum Gasteiger partial charge on any atom is 0.164 e. The molecule has 19 aromatic rings. The van der Waals surface area contributed by atoms with Gasteiger partial charge < -0.3 is 0 Å². The first-order valence-electron chi connectivity index (χ1n) is 39.3. The van der Waals surface area contributed by atoms with E-state index in [1.165, 1.54) is 38.9 Å². The molecule has 0 saturated heterocycles. The first-order valence-corrected chi connectivity index (χ1v) is 39.3. The zero-order valence-electron chi connectivity index (χ0n) is 65.8. The van der Waals surface area contributed by atoms with Gasteiger partial charge in [0, 0.05) is 61.2 Å². The SMILES string of the molecule is Cc1ccc(-c2nc(-c3ccccc3)nc(-c3cccc(-c4ccccc4)c3)n2)cc1.Cc1cccc(-c2nc(-c3ccccc3)nc(-c3cccc(-c4ccccc4)c3)n2)c1.Cc1ccccc1-c1nc(-c2ccccc2)nc(-c2cccc(-c3ccccc3)c2)n1.Cc1nc(-c2ccccc2)cc(-c2cccc(-c3ccccc3)c2)n1. The number of benzene rings is 15. The van der Waals surface area contributed by atoms with Gasteiger partial charge in [-0.05, 0) is 114 Å². The fraction of sp³-hybridized carbons (Fsp3) is 0.0374. The third-order valence-electron chi connectivity index (χ3n) is 19.8. The van der Waals surface area contributed by atoms with Crippen molar-refractivity contribution >= 4 is 0 Å². The predicted molar refractivity (Wildman–Crippen MR) is 482 cm³/mol. The van der Waals surface area contributed by atoms with Gasteiger partial charge in [-0.15, -0.1) is 0 Å². The molecule has 0 fully saturated rings. The molecule has 564 valence electrons. The van der Waals surface area contributed by atoms with Crippen molar-refractivity contribution in [3.05, 3.63) is 441 Å². The molecule has 0 bridgehead atoms. The highest BCUT2D eigenvalue weighted by Gasteiger charge is 2.19. The fourth-order valence-electron chi connectivity index (χ4n) is 13.7. The summed E-state index contributed by atoms with van der Waals surface area (Å²) in [6, 6.07) is 142. The second kappa shape index (κ2) is 36.9. The summed E-state index contributed by atoms with van der Waals surface area (Å²) in [6.07, 6.45) is 0. The maximum absolute atomic E-state index is 4.87. The van der Waals surface area contributed by atoms with Crippen LogP contribution < -0.4 is 0 Å². The van der Waals surface area contributed by atoms with E-state index in [2.05, 4.69) is 267 Å². The van der Waals surface area contributed by atoms with Crippen molar-refractivity contribution < 1.29 is 0 Å². The molecule has 0 aliphatic rings. The van der Waals surface area contributed by atoms with E-state index in [0.29, 0.717) is 52.4 Å². The molecule has 0 atom stereocenters. The van der Waals surface area contributed by atoms with Crippen LogP contribution in [0.2, 0.25) is 0 Å². The fourth-order valence-corrected chi connectivity index (χ4v) is 13.7. The molecule has 0 unspecified atom stereocenters. The zero-order chi connectivity index (χ0) is 80.2. The summed E-state index contributed by atoms with van der Waals surface area (Å²) in [7, 11) is 0. The lowest BCUT2D eigenvalue weighted by Gasteiger charge is -2.10. The first kappa shape index (κ1) is 76.4. The minimum atomic E-state index is 0.669. The van der Waals surface area contributed by atoms with Crippen molar-refractivity contribution in [1.82, 2.24) is 54.8 Å². The van der Waals surface area contributed by atoms with E-state index in [0.717, 1.165) is 101 Å². The normalized spacial score (nSPS) is 10.7. The summed E-state index contributed by atoms with van der Waals surface area (Å²) in [5, 5.41) is 0. The van der Waals surface area contributed by atoms with Gasteiger partial charge in [0.1, 0.15) is 5.82 Å². The molecule has 118 heavy (non-hydrogen) atoms. The van der Waals surface area contributed by atoms with E-state index in [4.69, 9.17) is 44.9 Å². The van der Waals surface area contributed by atoms with Crippen LogP contribution in [0.3, 0.4) is 0 Å². The number of hydrogen-bond donors (Lipinski definition) is 0. The molecule has 19 rings (SSSR count). The summed E-state index contributed by atoms with van der Waals surface area (Å²) in [6.45, 7) is 8.17. The Labute approximate surface area is 688 Å². The van der Waals surface area contributed by atoms with Gasteiger partial charge in [-0.1, -0.05) is 393 Å². The number of aryl methyl sites for hydroxylation is 4. The number of hydrogen-bond acceptors (Lipinski definition) is 11. The Morgan fingerprint density at radius 2 is 0.373 bits per heavy atom. The lowest BCUT2D eigenvalue weighted by molar-refractivity contribution is 1.06. The van der Waals surface area contributed by atoms with Crippen molar-refractivity contribution in [2.75, 3.05) is 0 Å². The van der Waals surface area contributed by atoms with Crippen LogP contribution in [0.15, 0.2) is 419 Å². The average Bonchev–Trinajstić information content (AvgIpc) is 0.793. The summed E-state index contributed by atoms with van der Waals surface area (Å²) < 4.78 is 0. The van der Waals surface area contributed by atoms with Crippen molar-refractivity contribution in [3.63, 3.8) is 0 Å². The number of rotatable bonds is 15. The Hall–Kier alpha value is -15.6. The quantitative estimate of drug-likeness (QED) is 0.0968. The molecule has 4 aromatic heterocycles. The maximum atomic E-state index is 4.87. The van der Waals surface area contributed by atoms with Gasteiger partial charge in [0.2, 0.25) is 0 Å². The molecular weight excluding hydrogens is 1440 g/mol. The molecule has 0 N–H and O–H groups in total. The van der Waals surface area contributed by atoms with E-state index in [9.17, 15) is 0 Å². The molecular formula is C107H81N11. The Morgan fingerprint density at radius 1 is 0.136 bits per heavy atom. The molecule has 0 aliphatic heterocycles. The minimum absolute atomic E-state index is 0.669. The van der Waals surface area contributed by atoms with Crippen LogP contribution >= 0.6 is 0 Å². The molecule has 0 aliphatic carbocycles. The van der Waals surface area contributed by atoms with Crippen molar-refractivity contribution in [1.29, 1.82) is 0 Å². The molecule has 4 heterocycles. The van der Waals surface area contributed by atoms with E-state index in [-0.39, 0.29) is 0 Å². The van der Waals surface area contributed by atoms with E-state index in [1.54, 1.807) is 0 Å². The van der Waals surface area contributed by atoms with Crippen LogP contribution in [0, 0.1) is 27.7 Å². The molecule has 0 amide bonds. The lowest BCUT2D eigenvalue weighted by Crippen LogP contribution is -2.01. The predicted octanol–water partition coefficient (Wildman–Crippen LogP) is 26.3. The Bertz CT molecular complexity index is 6560. The Balaban J connectivity index is 0.000000118. The van der Waals surface area contributed by atoms with Crippen LogP contribution in [0.5, 0.6) is 0 Å². The molecule has 0 saturated carbocycles. The van der Waals surface area contributed by atoms with Gasteiger partial charge in [-0.3, -0.25) is 0 Å². The van der Waals surface area contributed by atoms with E-state index >= 15 is 0 Å². The first-order chi connectivity index (χ1) is 58.1. The van der Waals surface area contributed by atoms with Crippen LogP contribution in [0.1, 0.15) is 22.5 Å². The summed E-state index contributed by atoms with van der Waals surface area (Å²) >= 11 is 0. The molecule has 11 nitrogen and oxygen atoms in total. The van der Waals surface area contributed by atoms with Gasteiger partial charge in [0.15, 0.2) is 52.4 Å². The summed E-state index contributed by atoms with van der Waals surface area (Å²) in [5.74, 6) is 6.85. The monoisotopic (exact) mass is 1520 g/mol. The number of aromatic nitrogens is 11. The molecule has 0 radical (unpaired) electrons. The smallest absolute Gasteiger partial charge is 0.164 e. The lowest BCUT2D eigenvalue weighted by atomic mass is 10.0. The second-order valence-corrected chi connectivity index (χ2v) is 28.4. The Kier molecular flexibility index (Phi) is 23.9. The largest absolute Gasteiger partial charge is 0.233 e. The van der Waals surface area contributed by atoms with Crippen molar-refractivity contribution in [2.45, 2.75) is 27.7 Å². The zero-order valence-corrected chi connectivity index (χ0v) is 65.8. The minimum Gasteiger partial charge on any atom is -0.233 e. The third kappa shape index (κ3) is 19.2. The van der Waals surface area contributed by atoms with Crippen LogP contribution in [0.4, 0.5) is 0 Å². The van der Waals surface area contributed by atoms with Crippen LogP contribution in [0.25, 0.3) is 170 Å². The highest BCUT2D eigenvalue weighted by atomic mass is 15.1. The van der Waals surface area contributed by atoms with E-state index in [1.807, 2.05) is 189 Å². The van der Waals surface area contributed by atoms with Gasteiger partial charge in [0.05, 0.1) is 11.4 Å². The van der Waals surface area contributed by atoms with E-state index < -0.39 is 0 Å². The van der Waals surface area contributed by atoms with Crippen LogP contribution in [-0.2, 0) is 0 Å². The molecule has 15 aromatic carbocycles. The van der Waals surface area contributed by atoms with Gasteiger partial charge in [0.25, 0.3) is 0 Å². The van der Waals surface area contributed by atoms with Gasteiger partial charge in [-0.2, -0.15) is 0 Å². The second-order valence-electron chi connectivity index (χ2n) is 28.4. The summed E-state index contributed by atoms with van der Waals surface area (Å²) in [5.41, 5.74) is 25.7. The molecule has 11 heteroatoms. The van der Waals surface area contributed by atoms with Crippen LogP contribution in [-0.4, -0.2) is 54.8 Å². The number of nitrogens with zero attached hydrogens (tertiary/aromatic N) is 11. The van der Waals surface area contributed by atoms with Gasteiger partial charge >= 0.3 is 0 Å². The average molecular weight is 1520 g/mol.